The number of amides is 1. The van der Waals surface area contributed by atoms with Gasteiger partial charge in [-0.05, 0) is 55.6 Å². The van der Waals surface area contributed by atoms with Crippen LogP contribution in [0, 0.1) is 0 Å². The molecular weight excluding hydrogens is 445 g/mol. The summed E-state index contributed by atoms with van der Waals surface area (Å²) in [4.78, 5) is 13.8. The van der Waals surface area contributed by atoms with Crippen LogP contribution < -0.4 is 15.4 Å². The topological polar surface area (TPSA) is 92.5 Å². The van der Waals surface area contributed by atoms with Crippen LogP contribution >= 0.6 is 23.2 Å². The van der Waals surface area contributed by atoms with Crippen LogP contribution in [-0.2, 0) is 20.4 Å². The molecule has 0 aromatic heterocycles. The van der Waals surface area contributed by atoms with E-state index in [2.05, 4.69) is 5.32 Å². The van der Waals surface area contributed by atoms with Gasteiger partial charge in [-0.25, -0.2) is 12.7 Å². The minimum Gasteiger partial charge on any atom is -0.399 e. The van der Waals surface area contributed by atoms with E-state index < -0.39 is 21.5 Å². The van der Waals surface area contributed by atoms with E-state index in [9.17, 15) is 13.2 Å². The number of nitrogens with two attached hydrogens (primary N) is 1. The average molecular weight is 462 g/mol. The molecule has 0 saturated carbocycles. The van der Waals surface area contributed by atoms with Crippen LogP contribution in [0.3, 0.4) is 0 Å². The Morgan fingerprint density at radius 3 is 2.27 bits per heavy atom. The number of nitrogens with one attached hydrogen (secondary N) is 1. The minimum absolute atomic E-state index is 0.0583. The lowest BCUT2D eigenvalue weighted by Crippen LogP contribution is -2.51. The molecular formula is C21H17Cl2N3O3S. The van der Waals surface area contributed by atoms with Crippen molar-refractivity contribution in [2.24, 2.45) is 0 Å². The van der Waals surface area contributed by atoms with Crippen molar-refractivity contribution < 1.29 is 13.2 Å². The standard InChI is InChI=1S/C21H17Cl2N3O3S/c1-25-21(16-4-2-3-5-18(16)23)17-12-13(22)6-11-19(17)26(20(21)27)30(28,29)15-9-7-14(24)8-10-15/h2-12,25H,24H2,1H3. The zero-order chi connectivity index (χ0) is 21.7. The molecule has 30 heavy (non-hydrogen) atoms. The summed E-state index contributed by atoms with van der Waals surface area (Å²) in [5, 5.41) is 3.69. The molecule has 1 heterocycles. The number of nitrogens with zero attached hydrogens (tertiary/aromatic N) is 1. The van der Waals surface area contributed by atoms with Crippen LogP contribution in [0.1, 0.15) is 11.1 Å². The number of hydrogen-bond donors (Lipinski definition) is 2. The summed E-state index contributed by atoms with van der Waals surface area (Å²) >= 11 is 12.7. The lowest BCUT2D eigenvalue weighted by atomic mass is 9.84. The highest BCUT2D eigenvalue weighted by molar-refractivity contribution is 7.93. The van der Waals surface area contributed by atoms with Gasteiger partial charge in [0.2, 0.25) is 0 Å². The number of sulfonamides is 1. The van der Waals surface area contributed by atoms with Gasteiger partial charge in [-0.1, -0.05) is 41.4 Å². The SMILES string of the molecule is CNC1(c2ccccc2Cl)C(=O)N(S(=O)(=O)c2ccc(N)cc2)c2ccc(Cl)cc21. The van der Waals surface area contributed by atoms with Gasteiger partial charge in [0, 0.05) is 26.9 Å². The lowest BCUT2D eigenvalue weighted by Gasteiger charge is -2.29. The highest BCUT2D eigenvalue weighted by Gasteiger charge is 2.56. The number of carbonyl (C=O) groups is 1. The van der Waals surface area contributed by atoms with Crippen LogP contribution in [0.25, 0.3) is 0 Å². The molecule has 0 saturated heterocycles. The van der Waals surface area contributed by atoms with Crippen molar-refractivity contribution in [1.82, 2.24) is 5.32 Å². The van der Waals surface area contributed by atoms with E-state index in [1.165, 1.54) is 36.4 Å². The zero-order valence-electron chi connectivity index (χ0n) is 15.8. The van der Waals surface area contributed by atoms with E-state index in [-0.39, 0.29) is 10.6 Å². The Bertz CT molecular complexity index is 1260. The molecule has 1 aliphatic heterocycles. The third-order valence-electron chi connectivity index (χ3n) is 5.16. The van der Waals surface area contributed by atoms with E-state index in [4.69, 9.17) is 28.9 Å². The third kappa shape index (κ3) is 2.89. The molecule has 1 atom stereocenters. The van der Waals surface area contributed by atoms with E-state index >= 15 is 0 Å². The fraction of sp³-hybridized carbons (Fsp3) is 0.0952. The van der Waals surface area contributed by atoms with E-state index in [1.54, 1.807) is 37.4 Å². The van der Waals surface area contributed by atoms with Gasteiger partial charge in [0.15, 0.2) is 5.54 Å². The first-order valence-corrected chi connectivity index (χ1v) is 11.1. The number of benzene rings is 3. The number of nitrogen functional groups attached to an aromatic ring is 1. The zero-order valence-corrected chi connectivity index (χ0v) is 18.1. The van der Waals surface area contributed by atoms with Crippen molar-refractivity contribution in [3.05, 3.63) is 87.9 Å². The van der Waals surface area contributed by atoms with Gasteiger partial charge in [-0.15, -0.1) is 0 Å². The van der Waals surface area contributed by atoms with Crippen molar-refractivity contribution in [2.45, 2.75) is 10.4 Å². The minimum atomic E-state index is -4.23. The van der Waals surface area contributed by atoms with Crippen LogP contribution in [0.15, 0.2) is 71.6 Å². The molecule has 4 rings (SSSR count). The number of fused-ring (bicyclic) bond motifs is 1. The molecule has 3 aromatic rings. The van der Waals surface area contributed by atoms with Crippen LogP contribution in [0.5, 0.6) is 0 Å². The molecule has 0 radical (unpaired) electrons. The van der Waals surface area contributed by atoms with Crippen molar-refractivity contribution >= 4 is 50.5 Å². The second kappa shape index (κ2) is 7.28. The molecule has 154 valence electrons. The number of halogens is 2. The molecule has 3 N–H and O–H groups in total. The molecule has 1 unspecified atom stereocenters. The Morgan fingerprint density at radius 1 is 0.967 bits per heavy atom. The van der Waals surface area contributed by atoms with Crippen LogP contribution in [-0.4, -0.2) is 21.4 Å². The lowest BCUT2D eigenvalue weighted by molar-refractivity contribution is -0.121. The van der Waals surface area contributed by atoms with Gasteiger partial charge in [-0.3, -0.25) is 10.1 Å². The molecule has 9 heteroatoms. The van der Waals surface area contributed by atoms with Crippen LogP contribution in [0.4, 0.5) is 11.4 Å². The summed E-state index contributed by atoms with van der Waals surface area (Å²) in [5.74, 6) is -0.702. The predicted octanol–water partition coefficient (Wildman–Crippen LogP) is 3.77. The van der Waals surface area contributed by atoms with E-state index in [0.717, 1.165) is 4.31 Å². The summed E-state index contributed by atoms with van der Waals surface area (Å²) < 4.78 is 27.8. The molecule has 6 nitrogen and oxygen atoms in total. The molecule has 0 bridgehead atoms. The first-order chi connectivity index (χ1) is 14.2. The summed E-state index contributed by atoms with van der Waals surface area (Å²) in [7, 11) is -2.66. The van der Waals surface area contributed by atoms with Crippen molar-refractivity contribution in [3.63, 3.8) is 0 Å². The first-order valence-electron chi connectivity index (χ1n) is 8.92. The Kier molecular flexibility index (Phi) is 5.02. The van der Waals surface area contributed by atoms with Gasteiger partial charge >= 0.3 is 0 Å². The van der Waals surface area contributed by atoms with Crippen molar-refractivity contribution in [1.29, 1.82) is 0 Å². The molecule has 1 aliphatic rings. The van der Waals surface area contributed by atoms with E-state index in [0.29, 0.717) is 26.9 Å². The summed E-state index contributed by atoms with van der Waals surface area (Å²) in [5.41, 5.74) is 5.60. The molecule has 0 aliphatic carbocycles. The van der Waals surface area contributed by atoms with Gasteiger partial charge in [0.05, 0.1) is 10.6 Å². The Labute approximate surface area is 184 Å². The Balaban J connectivity index is 2.02. The average Bonchev–Trinajstić information content (AvgIpc) is 2.97. The fourth-order valence-corrected chi connectivity index (χ4v) is 5.66. The fourth-order valence-electron chi connectivity index (χ4n) is 3.75. The Hall–Kier alpha value is -2.58. The first kappa shape index (κ1) is 20.7. The molecule has 1 amide bonds. The van der Waals surface area contributed by atoms with Gasteiger partial charge in [0.25, 0.3) is 15.9 Å². The van der Waals surface area contributed by atoms with Gasteiger partial charge in [-0.2, -0.15) is 0 Å². The maximum Gasteiger partial charge on any atom is 0.270 e. The summed E-state index contributed by atoms with van der Waals surface area (Å²) in [6, 6.07) is 17.1. The van der Waals surface area contributed by atoms with Crippen molar-refractivity contribution in [3.8, 4) is 0 Å². The Morgan fingerprint density at radius 2 is 1.63 bits per heavy atom. The predicted molar refractivity (Wildman–Crippen MR) is 118 cm³/mol. The van der Waals surface area contributed by atoms with Crippen molar-refractivity contribution in [2.75, 3.05) is 17.1 Å². The second-order valence-electron chi connectivity index (χ2n) is 6.78. The summed E-state index contributed by atoms with van der Waals surface area (Å²) in [6.07, 6.45) is 0. The summed E-state index contributed by atoms with van der Waals surface area (Å²) in [6.45, 7) is 0. The number of rotatable bonds is 4. The van der Waals surface area contributed by atoms with Crippen LogP contribution in [0.2, 0.25) is 10.0 Å². The number of likely N-dealkylation sites (N-methyl/N-ethyl adjacent to an activating group) is 1. The maximum atomic E-state index is 13.8. The molecule has 0 fully saturated rings. The molecule has 0 spiro atoms. The highest BCUT2D eigenvalue weighted by atomic mass is 35.5. The highest BCUT2D eigenvalue weighted by Crippen LogP contribution is 2.48. The van der Waals surface area contributed by atoms with Gasteiger partial charge in [0.1, 0.15) is 0 Å². The monoisotopic (exact) mass is 461 g/mol. The van der Waals surface area contributed by atoms with Gasteiger partial charge < -0.3 is 5.73 Å². The number of hydrogen-bond acceptors (Lipinski definition) is 5. The van der Waals surface area contributed by atoms with E-state index in [1.807, 2.05) is 0 Å². The third-order valence-corrected chi connectivity index (χ3v) is 7.43. The largest absolute Gasteiger partial charge is 0.399 e. The number of anilines is 2. The number of carbonyl (C=O) groups excluding carboxylic acids is 1. The second-order valence-corrected chi connectivity index (χ2v) is 9.42. The molecule has 3 aromatic carbocycles. The maximum absolute atomic E-state index is 13.8. The normalized spacial score (nSPS) is 18.5. The smallest absolute Gasteiger partial charge is 0.270 e. The quantitative estimate of drug-likeness (QED) is 0.576.